The fourth-order valence-electron chi connectivity index (χ4n) is 4.76. The second kappa shape index (κ2) is 7.82. The van der Waals surface area contributed by atoms with E-state index in [9.17, 15) is 8.78 Å². The van der Waals surface area contributed by atoms with Crippen molar-refractivity contribution < 1.29 is 18.3 Å². The molecule has 1 saturated carbocycles. The second-order valence-electron chi connectivity index (χ2n) is 8.79. The van der Waals surface area contributed by atoms with Gasteiger partial charge in [0.25, 0.3) is 0 Å². The lowest BCUT2D eigenvalue weighted by molar-refractivity contribution is -0.0359. The Balaban J connectivity index is 1.22. The summed E-state index contributed by atoms with van der Waals surface area (Å²) < 4.78 is 38.0. The predicted molar refractivity (Wildman–Crippen MR) is 120 cm³/mol. The van der Waals surface area contributed by atoms with Crippen LogP contribution in [0.4, 0.5) is 14.6 Å². The van der Waals surface area contributed by atoms with E-state index >= 15 is 0 Å². The summed E-state index contributed by atoms with van der Waals surface area (Å²) in [6.45, 7) is 1.54. The van der Waals surface area contributed by atoms with Gasteiger partial charge in [0.05, 0.1) is 31.2 Å². The van der Waals surface area contributed by atoms with Gasteiger partial charge in [-0.15, -0.1) is 0 Å². The Kier molecular flexibility index (Phi) is 4.75. The first kappa shape index (κ1) is 20.6. The van der Waals surface area contributed by atoms with Crippen LogP contribution in [0.15, 0.2) is 49.1 Å². The monoisotopic (exact) mass is 462 g/mol. The third-order valence-corrected chi connectivity index (χ3v) is 6.37. The fourth-order valence-corrected chi connectivity index (χ4v) is 4.76. The number of pyridine rings is 1. The molecule has 3 aromatic heterocycles. The molecule has 10 heteroatoms. The van der Waals surface area contributed by atoms with E-state index in [-0.39, 0.29) is 17.3 Å². The lowest BCUT2D eigenvalue weighted by Gasteiger charge is -2.59. The zero-order valence-corrected chi connectivity index (χ0v) is 18.3. The van der Waals surface area contributed by atoms with Crippen molar-refractivity contribution in [3.05, 3.63) is 60.7 Å². The van der Waals surface area contributed by atoms with Crippen molar-refractivity contribution in [1.82, 2.24) is 24.9 Å². The third kappa shape index (κ3) is 3.55. The van der Waals surface area contributed by atoms with E-state index in [0.29, 0.717) is 22.8 Å². The van der Waals surface area contributed by atoms with Crippen LogP contribution in [-0.2, 0) is 0 Å². The van der Waals surface area contributed by atoms with Crippen LogP contribution in [0.1, 0.15) is 12.8 Å². The molecule has 1 aliphatic heterocycles. The lowest BCUT2D eigenvalue weighted by atomic mass is 9.61. The Bertz CT molecular complexity index is 1390. The summed E-state index contributed by atoms with van der Waals surface area (Å²) >= 11 is 0. The van der Waals surface area contributed by atoms with Crippen LogP contribution < -0.4 is 14.4 Å². The first-order valence-electron chi connectivity index (χ1n) is 10.9. The number of halogens is 2. The summed E-state index contributed by atoms with van der Waals surface area (Å²) in [6.07, 6.45) is 8.02. The molecule has 0 amide bonds. The predicted octanol–water partition coefficient (Wildman–Crippen LogP) is 3.82. The number of anilines is 1. The number of aromatic nitrogens is 5. The number of methoxy groups -OCH3 is 1. The number of rotatable bonds is 5. The van der Waals surface area contributed by atoms with E-state index in [0.717, 1.165) is 43.3 Å². The highest BCUT2D eigenvalue weighted by atomic mass is 19.1. The van der Waals surface area contributed by atoms with Crippen LogP contribution in [0.25, 0.3) is 22.4 Å². The molecule has 172 valence electrons. The number of ether oxygens (including phenoxy) is 2. The Hall–Kier alpha value is -3.95. The SMILES string of the molecule is COc1cncc(-c2nc3cnccc3nc2N2CC3(CC(Oc4ccc(F)cc4F)C3)C2)n1. The standard InChI is InChI=1S/C24H20F2N6O2/c1-33-21-11-28-10-19(29-21)22-23(31-17-4-5-27-9-18(17)30-22)32-12-24(13-32)7-15(8-24)34-20-3-2-14(25)6-16(20)26/h2-6,9-11,15H,7-8,12-13H2,1H3. The minimum atomic E-state index is -0.679. The van der Waals surface area contributed by atoms with Gasteiger partial charge in [-0.05, 0) is 31.0 Å². The van der Waals surface area contributed by atoms with E-state index < -0.39 is 11.6 Å². The Morgan fingerprint density at radius 2 is 1.82 bits per heavy atom. The number of benzene rings is 1. The van der Waals surface area contributed by atoms with Gasteiger partial charge < -0.3 is 14.4 Å². The van der Waals surface area contributed by atoms with Gasteiger partial charge in [0.15, 0.2) is 17.4 Å². The normalized spacial score (nSPS) is 16.9. The molecule has 2 fully saturated rings. The van der Waals surface area contributed by atoms with Crippen molar-refractivity contribution in [2.24, 2.45) is 5.41 Å². The Morgan fingerprint density at radius 1 is 0.971 bits per heavy atom. The highest BCUT2D eigenvalue weighted by Gasteiger charge is 2.54. The van der Waals surface area contributed by atoms with Crippen LogP contribution in [0.5, 0.6) is 11.6 Å². The Labute approximate surface area is 193 Å². The van der Waals surface area contributed by atoms with Gasteiger partial charge in [-0.25, -0.2) is 23.7 Å². The highest BCUT2D eigenvalue weighted by Crippen LogP contribution is 2.51. The lowest BCUT2D eigenvalue weighted by Crippen LogP contribution is -2.65. The van der Waals surface area contributed by atoms with Crippen LogP contribution in [0.3, 0.4) is 0 Å². The van der Waals surface area contributed by atoms with Gasteiger partial charge in [0.1, 0.15) is 28.8 Å². The summed E-state index contributed by atoms with van der Waals surface area (Å²) in [5.74, 6) is -0.0932. The smallest absolute Gasteiger partial charge is 0.232 e. The zero-order chi connectivity index (χ0) is 23.3. The molecule has 1 saturated heterocycles. The molecule has 0 unspecified atom stereocenters. The van der Waals surface area contributed by atoms with Crippen LogP contribution in [-0.4, -0.2) is 51.2 Å². The molecule has 0 radical (unpaired) electrons. The van der Waals surface area contributed by atoms with E-state index in [2.05, 4.69) is 19.9 Å². The minimum Gasteiger partial charge on any atom is -0.487 e. The molecule has 34 heavy (non-hydrogen) atoms. The van der Waals surface area contributed by atoms with Crippen molar-refractivity contribution >= 4 is 16.9 Å². The maximum absolute atomic E-state index is 13.9. The number of hydrogen-bond acceptors (Lipinski definition) is 8. The van der Waals surface area contributed by atoms with Gasteiger partial charge in [0.2, 0.25) is 5.88 Å². The average molecular weight is 462 g/mol. The number of hydrogen-bond donors (Lipinski definition) is 0. The van der Waals surface area contributed by atoms with E-state index in [4.69, 9.17) is 19.4 Å². The summed E-state index contributed by atoms with van der Waals surface area (Å²) in [6, 6.07) is 5.21. The fraction of sp³-hybridized carbons (Fsp3) is 0.292. The van der Waals surface area contributed by atoms with E-state index in [1.54, 1.807) is 18.6 Å². The molecule has 2 aliphatic rings. The van der Waals surface area contributed by atoms with Gasteiger partial charge in [-0.1, -0.05) is 0 Å². The molecule has 0 bridgehead atoms. The molecule has 0 atom stereocenters. The van der Waals surface area contributed by atoms with Crippen molar-refractivity contribution in [2.75, 3.05) is 25.1 Å². The van der Waals surface area contributed by atoms with Crippen molar-refractivity contribution in [1.29, 1.82) is 0 Å². The van der Waals surface area contributed by atoms with Crippen molar-refractivity contribution in [2.45, 2.75) is 18.9 Å². The first-order valence-corrected chi connectivity index (χ1v) is 10.9. The molecule has 1 aromatic carbocycles. The zero-order valence-electron chi connectivity index (χ0n) is 18.3. The molecule has 8 nitrogen and oxygen atoms in total. The summed E-state index contributed by atoms with van der Waals surface area (Å²) in [5, 5.41) is 0. The van der Waals surface area contributed by atoms with Crippen LogP contribution in [0.2, 0.25) is 0 Å². The summed E-state index contributed by atoms with van der Waals surface area (Å²) in [5.41, 5.74) is 2.66. The van der Waals surface area contributed by atoms with Gasteiger partial charge >= 0.3 is 0 Å². The molecule has 1 aliphatic carbocycles. The summed E-state index contributed by atoms with van der Waals surface area (Å²) in [4.78, 5) is 24.7. The van der Waals surface area contributed by atoms with Gasteiger partial charge in [-0.2, -0.15) is 0 Å². The molecule has 4 heterocycles. The average Bonchev–Trinajstić information content (AvgIpc) is 2.80. The third-order valence-electron chi connectivity index (χ3n) is 6.37. The van der Waals surface area contributed by atoms with Crippen LogP contribution >= 0.6 is 0 Å². The molecular weight excluding hydrogens is 442 g/mol. The highest BCUT2D eigenvalue weighted by molar-refractivity contribution is 5.82. The van der Waals surface area contributed by atoms with E-state index in [1.807, 2.05) is 6.07 Å². The topological polar surface area (TPSA) is 86.2 Å². The van der Waals surface area contributed by atoms with E-state index in [1.165, 1.54) is 25.4 Å². The molecule has 0 N–H and O–H groups in total. The maximum Gasteiger partial charge on any atom is 0.232 e. The summed E-state index contributed by atoms with van der Waals surface area (Å²) in [7, 11) is 1.54. The second-order valence-corrected chi connectivity index (χ2v) is 8.79. The van der Waals surface area contributed by atoms with Gasteiger partial charge in [-0.3, -0.25) is 9.97 Å². The number of fused-ring (bicyclic) bond motifs is 1. The van der Waals surface area contributed by atoms with Crippen LogP contribution in [0, 0.1) is 17.0 Å². The maximum atomic E-state index is 13.9. The minimum absolute atomic E-state index is 0.0768. The molecular formula is C24H20F2N6O2. The Morgan fingerprint density at radius 3 is 2.62 bits per heavy atom. The quantitative estimate of drug-likeness (QED) is 0.443. The molecule has 6 rings (SSSR count). The van der Waals surface area contributed by atoms with Crippen molar-refractivity contribution in [3.8, 4) is 23.0 Å². The largest absolute Gasteiger partial charge is 0.487 e. The first-order chi connectivity index (χ1) is 16.5. The number of nitrogens with zero attached hydrogens (tertiary/aromatic N) is 6. The van der Waals surface area contributed by atoms with Crippen molar-refractivity contribution in [3.63, 3.8) is 0 Å². The van der Waals surface area contributed by atoms with Gasteiger partial charge in [0, 0.05) is 30.8 Å². The molecule has 1 spiro atoms. The molecule has 4 aromatic rings.